The monoisotopic (exact) mass is 467 g/mol. The quantitative estimate of drug-likeness (QED) is 0.440. The Kier molecular flexibility index (Phi) is 5.96. The summed E-state index contributed by atoms with van der Waals surface area (Å²) in [4.78, 5) is 25.2. The van der Waals surface area contributed by atoms with Gasteiger partial charge in [-0.15, -0.1) is 0 Å². The standard InChI is InChI=1S/C28H26FN5O/c1-18(2)26-15-22(19-6-5-7-20(29)14-19)23(16-30)27(32-26)33-10-12-34(13-11-33)28(35)24-17-31-25-9-4-3-8-21(24)25/h3-9,14-15,17-18,31H,10-13H2,1-2H3. The minimum absolute atomic E-state index is 0.00746. The summed E-state index contributed by atoms with van der Waals surface area (Å²) in [6.07, 6.45) is 1.77. The van der Waals surface area contributed by atoms with Gasteiger partial charge in [0.25, 0.3) is 5.91 Å². The number of carbonyl (C=O) groups excluding carboxylic acids is 1. The first-order chi connectivity index (χ1) is 17.0. The van der Waals surface area contributed by atoms with E-state index in [1.165, 1.54) is 12.1 Å². The zero-order valence-corrected chi connectivity index (χ0v) is 19.8. The molecule has 0 unspecified atom stereocenters. The number of nitrogens with zero attached hydrogens (tertiary/aromatic N) is 4. The van der Waals surface area contributed by atoms with E-state index in [9.17, 15) is 14.4 Å². The van der Waals surface area contributed by atoms with Crippen LogP contribution in [0.2, 0.25) is 0 Å². The van der Waals surface area contributed by atoms with Gasteiger partial charge in [0.2, 0.25) is 0 Å². The van der Waals surface area contributed by atoms with E-state index in [1.54, 1.807) is 12.3 Å². The van der Waals surface area contributed by atoms with Gasteiger partial charge in [0.05, 0.1) is 5.56 Å². The van der Waals surface area contributed by atoms with Gasteiger partial charge in [-0.25, -0.2) is 9.37 Å². The molecule has 1 amide bonds. The third-order valence-electron chi connectivity index (χ3n) is 6.55. The van der Waals surface area contributed by atoms with Gasteiger partial charge < -0.3 is 14.8 Å². The van der Waals surface area contributed by atoms with Crippen LogP contribution in [0, 0.1) is 17.1 Å². The van der Waals surface area contributed by atoms with Crippen LogP contribution in [0.15, 0.2) is 60.8 Å². The maximum Gasteiger partial charge on any atom is 0.256 e. The van der Waals surface area contributed by atoms with Gasteiger partial charge in [0, 0.05) is 54.5 Å². The van der Waals surface area contributed by atoms with Crippen LogP contribution in [0.25, 0.3) is 22.0 Å². The summed E-state index contributed by atoms with van der Waals surface area (Å²) < 4.78 is 14.0. The fourth-order valence-corrected chi connectivity index (χ4v) is 4.61. The summed E-state index contributed by atoms with van der Waals surface area (Å²) in [6, 6.07) is 18.3. The topological polar surface area (TPSA) is 76.0 Å². The molecule has 176 valence electrons. The van der Waals surface area contributed by atoms with Crippen molar-refractivity contribution < 1.29 is 9.18 Å². The van der Waals surface area contributed by atoms with Crippen molar-refractivity contribution in [2.75, 3.05) is 31.1 Å². The van der Waals surface area contributed by atoms with Crippen LogP contribution in [-0.2, 0) is 0 Å². The number of benzene rings is 2. The molecule has 1 fully saturated rings. The number of para-hydroxylation sites is 1. The van der Waals surface area contributed by atoms with Crippen LogP contribution in [0.5, 0.6) is 0 Å². The number of anilines is 1. The van der Waals surface area contributed by atoms with E-state index in [0.717, 1.165) is 16.6 Å². The number of H-pyrrole nitrogens is 1. The Labute approximate surface area is 203 Å². The van der Waals surface area contributed by atoms with Gasteiger partial charge in [-0.3, -0.25) is 4.79 Å². The predicted molar refractivity (Wildman–Crippen MR) is 135 cm³/mol. The number of halogens is 1. The maximum atomic E-state index is 14.0. The van der Waals surface area contributed by atoms with Gasteiger partial charge in [-0.1, -0.05) is 44.2 Å². The average molecular weight is 468 g/mol. The largest absolute Gasteiger partial charge is 0.360 e. The van der Waals surface area contributed by atoms with Crippen LogP contribution in [0.1, 0.15) is 41.4 Å². The second kappa shape index (κ2) is 9.22. The summed E-state index contributed by atoms with van der Waals surface area (Å²) in [6.45, 7) is 6.24. The number of rotatable bonds is 4. The molecule has 4 aromatic rings. The number of nitrogens with one attached hydrogen (secondary N) is 1. The molecule has 7 heteroatoms. The molecule has 0 saturated carbocycles. The Morgan fingerprint density at radius 3 is 2.57 bits per heavy atom. The highest BCUT2D eigenvalue weighted by Crippen LogP contribution is 2.33. The molecule has 1 aliphatic rings. The smallest absolute Gasteiger partial charge is 0.256 e. The van der Waals surface area contributed by atoms with Crippen LogP contribution in [0.3, 0.4) is 0 Å². The number of fused-ring (bicyclic) bond motifs is 1. The Hall–Kier alpha value is -4.18. The van der Waals surface area contributed by atoms with Crippen molar-refractivity contribution in [2.45, 2.75) is 19.8 Å². The molecule has 0 spiro atoms. The lowest BCUT2D eigenvalue weighted by molar-refractivity contribution is 0.0748. The number of aromatic nitrogens is 2. The van der Waals surface area contributed by atoms with Gasteiger partial charge >= 0.3 is 0 Å². The third-order valence-corrected chi connectivity index (χ3v) is 6.55. The number of hydrogen-bond acceptors (Lipinski definition) is 4. The molecule has 0 aliphatic carbocycles. The van der Waals surface area contributed by atoms with E-state index in [0.29, 0.717) is 54.3 Å². The van der Waals surface area contributed by atoms with Crippen molar-refractivity contribution in [1.29, 1.82) is 5.26 Å². The first kappa shape index (κ1) is 22.6. The highest BCUT2D eigenvalue weighted by molar-refractivity contribution is 6.06. The normalized spacial score (nSPS) is 13.9. The molecule has 35 heavy (non-hydrogen) atoms. The summed E-state index contributed by atoms with van der Waals surface area (Å²) in [7, 11) is 0. The van der Waals surface area contributed by atoms with Gasteiger partial charge in [-0.05, 0) is 35.7 Å². The van der Waals surface area contributed by atoms with Crippen molar-refractivity contribution in [3.63, 3.8) is 0 Å². The Balaban J connectivity index is 1.44. The molecule has 1 aliphatic heterocycles. The SMILES string of the molecule is CC(C)c1cc(-c2cccc(F)c2)c(C#N)c(N2CCN(C(=O)c3c[nH]c4ccccc34)CC2)n1. The zero-order chi connectivity index (χ0) is 24.5. The van der Waals surface area contributed by atoms with E-state index in [2.05, 4.69) is 16.0 Å². The van der Waals surface area contributed by atoms with Crippen molar-refractivity contribution in [3.05, 3.63) is 83.4 Å². The van der Waals surface area contributed by atoms with Crippen LogP contribution >= 0.6 is 0 Å². The first-order valence-electron chi connectivity index (χ1n) is 11.8. The number of pyridine rings is 1. The highest BCUT2D eigenvalue weighted by atomic mass is 19.1. The lowest BCUT2D eigenvalue weighted by Crippen LogP contribution is -2.49. The molecular weight excluding hydrogens is 441 g/mol. The summed E-state index contributed by atoms with van der Waals surface area (Å²) in [5.41, 5.74) is 4.21. The van der Waals surface area contributed by atoms with Gasteiger partial charge in [0.1, 0.15) is 23.3 Å². The number of hydrogen-bond donors (Lipinski definition) is 1. The van der Waals surface area contributed by atoms with Crippen molar-refractivity contribution >= 4 is 22.6 Å². The van der Waals surface area contributed by atoms with Gasteiger partial charge in [-0.2, -0.15) is 5.26 Å². The summed E-state index contributed by atoms with van der Waals surface area (Å²) in [5.74, 6) is 0.378. The van der Waals surface area contributed by atoms with Crippen LogP contribution < -0.4 is 4.90 Å². The number of aromatic amines is 1. The third kappa shape index (κ3) is 4.24. The zero-order valence-electron chi connectivity index (χ0n) is 19.8. The fraction of sp³-hybridized carbons (Fsp3) is 0.250. The van der Waals surface area contributed by atoms with Crippen molar-refractivity contribution in [3.8, 4) is 17.2 Å². The molecule has 6 nitrogen and oxygen atoms in total. The number of carbonyl (C=O) groups is 1. The Morgan fingerprint density at radius 1 is 1.09 bits per heavy atom. The van der Waals surface area contributed by atoms with E-state index in [4.69, 9.17) is 4.98 Å². The minimum atomic E-state index is -0.347. The Morgan fingerprint density at radius 2 is 1.86 bits per heavy atom. The highest BCUT2D eigenvalue weighted by Gasteiger charge is 2.27. The first-order valence-corrected chi connectivity index (χ1v) is 11.8. The van der Waals surface area contributed by atoms with E-state index in [-0.39, 0.29) is 17.6 Å². The lowest BCUT2D eigenvalue weighted by atomic mass is 9.97. The maximum absolute atomic E-state index is 14.0. The second-order valence-electron chi connectivity index (χ2n) is 9.10. The van der Waals surface area contributed by atoms with Crippen molar-refractivity contribution in [1.82, 2.24) is 14.9 Å². The molecule has 1 N–H and O–H groups in total. The molecule has 3 heterocycles. The van der Waals surface area contributed by atoms with Crippen LogP contribution in [0.4, 0.5) is 10.2 Å². The Bertz CT molecular complexity index is 1440. The fourth-order valence-electron chi connectivity index (χ4n) is 4.61. The van der Waals surface area contributed by atoms with Crippen molar-refractivity contribution in [2.24, 2.45) is 0 Å². The molecule has 1 saturated heterocycles. The molecule has 2 aromatic heterocycles. The molecule has 0 atom stereocenters. The molecule has 0 bridgehead atoms. The number of piperazine rings is 1. The minimum Gasteiger partial charge on any atom is -0.360 e. The van der Waals surface area contributed by atoms with E-state index >= 15 is 0 Å². The number of nitriles is 1. The van der Waals surface area contributed by atoms with E-state index in [1.807, 2.05) is 55.1 Å². The molecule has 5 rings (SSSR count). The molecule has 2 aromatic carbocycles. The molecule has 0 radical (unpaired) electrons. The van der Waals surface area contributed by atoms with E-state index < -0.39 is 0 Å². The summed E-state index contributed by atoms with van der Waals surface area (Å²) in [5, 5.41) is 11.0. The second-order valence-corrected chi connectivity index (χ2v) is 9.10. The summed E-state index contributed by atoms with van der Waals surface area (Å²) >= 11 is 0. The van der Waals surface area contributed by atoms with Gasteiger partial charge in [0.15, 0.2) is 0 Å². The average Bonchev–Trinajstić information content (AvgIpc) is 3.31. The van der Waals surface area contributed by atoms with Crippen LogP contribution in [-0.4, -0.2) is 47.0 Å². The lowest BCUT2D eigenvalue weighted by Gasteiger charge is -2.36. The molecular formula is C28H26FN5O. The number of amides is 1. The predicted octanol–water partition coefficient (Wildman–Crippen LogP) is 5.33.